The van der Waals surface area contributed by atoms with Crippen molar-refractivity contribution in [1.29, 1.82) is 0 Å². The number of fused-ring (bicyclic) bond motifs is 1. The summed E-state index contributed by atoms with van der Waals surface area (Å²) in [6.45, 7) is 4.93. The molecule has 3 heterocycles. The molecule has 0 aromatic carbocycles. The minimum absolute atomic E-state index is 0.332. The molecule has 2 spiro atoms. The van der Waals surface area contributed by atoms with Gasteiger partial charge in [0.1, 0.15) is 0 Å². The Bertz CT molecular complexity index is 382. The van der Waals surface area contributed by atoms with E-state index < -0.39 is 17.2 Å². The summed E-state index contributed by atoms with van der Waals surface area (Å²) in [5.41, 5.74) is -0.941. The van der Waals surface area contributed by atoms with Crippen molar-refractivity contribution >= 4 is 5.97 Å². The molecule has 0 bridgehead atoms. The first-order chi connectivity index (χ1) is 9.56. The van der Waals surface area contributed by atoms with Gasteiger partial charge in [0.15, 0.2) is 5.60 Å². The Hall–Kier alpha value is -0.650. The number of carbonyl (C=O) groups excluding carboxylic acids is 1. The van der Waals surface area contributed by atoms with Gasteiger partial charge in [-0.15, -0.1) is 0 Å². The average molecular weight is 284 g/mol. The molecular weight excluding hydrogens is 260 g/mol. The van der Waals surface area contributed by atoms with Crippen LogP contribution in [0.25, 0.3) is 0 Å². The van der Waals surface area contributed by atoms with Gasteiger partial charge < -0.3 is 18.9 Å². The van der Waals surface area contributed by atoms with Gasteiger partial charge in [0.05, 0.1) is 13.2 Å². The second-order valence-electron chi connectivity index (χ2n) is 6.19. The van der Waals surface area contributed by atoms with Crippen LogP contribution in [-0.4, -0.2) is 36.4 Å². The first kappa shape index (κ1) is 14.3. The van der Waals surface area contributed by atoms with Crippen LogP contribution in [0.3, 0.4) is 0 Å². The molecule has 5 heteroatoms. The van der Waals surface area contributed by atoms with Crippen LogP contribution >= 0.6 is 0 Å². The van der Waals surface area contributed by atoms with Crippen LogP contribution in [0.1, 0.15) is 58.8 Å². The summed E-state index contributed by atoms with van der Waals surface area (Å²) in [5, 5.41) is 0. The van der Waals surface area contributed by atoms with E-state index in [1.807, 2.05) is 6.92 Å². The topological polar surface area (TPSA) is 54.0 Å². The summed E-state index contributed by atoms with van der Waals surface area (Å²) in [6.07, 6.45) is 5.90. The van der Waals surface area contributed by atoms with Crippen molar-refractivity contribution in [2.45, 2.75) is 76.0 Å². The molecule has 0 aromatic heterocycles. The molecule has 0 unspecified atom stereocenters. The van der Waals surface area contributed by atoms with E-state index in [4.69, 9.17) is 18.9 Å². The summed E-state index contributed by atoms with van der Waals surface area (Å²) in [5.74, 6) is -2.30. The van der Waals surface area contributed by atoms with Crippen LogP contribution < -0.4 is 0 Å². The van der Waals surface area contributed by atoms with Crippen LogP contribution in [0.15, 0.2) is 0 Å². The van der Waals surface area contributed by atoms with E-state index >= 15 is 0 Å². The lowest BCUT2D eigenvalue weighted by Crippen LogP contribution is -2.71. The zero-order chi connectivity index (χ0) is 14.3. The van der Waals surface area contributed by atoms with Crippen molar-refractivity contribution in [3.05, 3.63) is 0 Å². The largest absolute Gasteiger partial charge is 0.425 e. The molecule has 3 atom stereocenters. The SMILES string of the molecule is CC[C@@]1(C)O[C@]2(CCCCO2)[C@@]2(CCCCO2)OC1=O. The maximum Gasteiger partial charge on any atom is 0.340 e. The summed E-state index contributed by atoms with van der Waals surface area (Å²) < 4.78 is 24.0. The van der Waals surface area contributed by atoms with Gasteiger partial charge in [-0.3, -0.25) is 0 Å². The Kier molecular flexibility index (Phi) is 3.55. The van der Waals surface area contributed by atoms with Crippen LogP contribution in [0, 0.1) is 0 Å². The van der Waals surface area contributed by atoms with Crippen molar-refractivity contribution in [2.75, 3.05) is 13.2 Å². The van der Waals surface area contributed by atoms with Crippen LogP contribution in [0.5, 0.6) is 0 Å². The van der Waals surface area contributed by atoms with Gasteiger partial charge >= 0.3 is 5.97 Å². The van der Waals surface area contributed by atoms with Gasteiger partial charge in [-0.1, -0.05) is 6.92 Å². The van der Waals surface area contributed by atoms with E-state index in [1.165, 1.54) is 0 Å². The number of hydrogen-bond donors (Lipinski definition) is 0. The molecule has 20 heavy (non-hydrogen) atoms. The highest BCUT2D eigenvalue weighted by Crippen LogP contribution is 2.50. The Morgan fingerprint density at radius 1 is 1.00 bits per heavy atom. The fourth-order valence-electron chi connectivity index (χ4n) is 3.34. The Balaban J connectivity index is 1.97. The summed E-state index contributed by atoms with van der Waals surface area (Å²) in [4.78, 5) is 12.4. The van der Waals surface area contributed by atoms with Gasteiger partial charge in [0.2, 0.25) is 5.79 Å². The number of carbonyl (C=O) groups is 1. The molecule has 3 rings (SSSR count). The maximum atomic E-state index is 12.4. The molecule has 3 fully saturated rings. The van der Waals surface area contributed by atoms with E-state index in [0.717, 1.165) is 32.1 Å². The molecule has 0 N–H and O–H groups in total. The van der Waals surface area contributed by atoms with E-state index in [2.05, 4.69) is 0 Å². The minimum atomic E-state index is -1.04. The molecule has 0 saturated carbocycles. The Morgan fingerprint density at radius 2 is 1.60 bits per heavy atom. The van der Waals surface area contributed by atoms with Crippen LogP contribution in [0.2, 0.25) is 0 Å². The van der Waals surface area contributed by atoms with Gasteiger partial charge in [-0.05, 0) is 39.0 Å². The lowest BCUT2D eigenvalue weighted by Gasteiger charge is -2.57. The van der Waals surface area contributed by atoms with E-state index in [1.54, 1.807) is 6.92 Å². The Labute approximate surface area is 119 Å². The molecule has 5 nitrogen and oxygen atoms in total. The van der Waals surface area contributed by atoms with Gasteiger partial charge in [-0.2, -0.15) is 0 Å². The molecule has 0 aromatic rings. The molecule has 3 saturated heterocycles. The van der Waals surface area contributed by atoms with E-state index in [0.29, 0.717) is 26.1 Å². The van der Waals surface area contributed by atoms with Crippen molar-refractivity contribution in [1.82, 2.24) is 0 Å². The number of ether oxygens (including phenoxy) is 4. The predicted molar refractivity (Wildman–Crippen MR) is 70.9 cm³/mol. The molecular formula is C15H24O5. The average Bonchev–Trinajstić information content (AvgIpc) is 2.47. The van der Waals surface area contributed by atoms with Gasteiger partial charge in [0.25, 0.3) is 5.79 Å². The van der Waals surface area contributed by atoms with Crippen molar-refractivity contribution < 1.29 is 23.7 Å². The normalized spacial score (nSPS) is 45.6. The molecule has 3 aliphatic rings. The zero-order valence-electron chi connectivity index (χ0n) is 12.4. The third-order valence-corrected chi connectivity index (χ3v) is 4.81. The highest BCUT2D eigenvalue weighted by Gasteiger charge is 2.67. The van der Waals surface area contributed by atoms with Gasteiger partial charge in [-0.25, -0.2) is 4.79 Å². The second-order valence-corrected chi connectivity index (χ2v) is 6.19. The Morgan fingerprint density at radius 3 is 2.10 bits per heavy atom. The number of esters is 1. The van der Waals surface area contributed by atoms with Crippen LogP contribution in [-0.2, 0) is 23.7 Å². The molecule has 0 aliphatic carbocycles. The summed E-state index contributed by atoms with van der Waals surface area (Å²) in [6, 6.07) is 0. The summed E-state index contributed by atoms with van der Waals surface area (Å²) in [7, 11) is 0. The van der Waals surface area contributed by atoms with Crippen molar-refractivity contribution in [3.8, 4) is 0 Å². The van der Waals surface area contributed by atoms with E-state index in [9.17, 15) is 4.79 Å². The van der Waals surface area contributed by atoms with Crippen molar-refractivity contribution in [2.24, 2.45) is 0 Å². The molecule has 0 amide bonds. The summed E-state index contributed by atoms with van der Waals surface area (Å²) >= 11 is 0. The number of hydrogen-bond acceptors (Lipinski definition) is 5. The lowest BCUT2D eigenvalue weighted by atomic mass is 9.87. The standard InChI is InChI=1S/C15H24O5/c1-3-13(2)12(16)19-14(8-4-6-10-17-14)15(20-13)9-5-7-11-18-15/h3-11H2,1-2H3/t13-,14-,15-/m1/s1. The second kappa shape index (κ2) is 4.97. The fraction of sp³-hybridized carbons (Fsp3) is 0.933. The van der Waals surface area contributed by atoms with Crippen LogP contribution in [0.4, 0.5) is 0 Å². The lowest BCUT2D eigenvalue weighted by molar-refractivity contribution is -0.455. The maximum absolute atomic E-state index is 12.4. The predicted octanol–water partition coefficient (Wildman–Crippen LogP) is 2.52. The van der Waals surface area contributed by atoms with E-state index in [-0.39, 0.29) is 5.97 Å². The molecule has 0 radical (unpaired) electrons. The first-order valence-corrected chi connectivity index (χ1v) is 7.77. The third kappa shape index (κ3) is 1.98. The minimum Gasteiger partial charge on any atom is -0.425 e. The molecule has 114 valence electrons. The zero-order valence-corrected chi connectivity index (χ0v) is 12.4. The fourth-order valence-corrected chi connectivity index (χ4v) is 3.34. The quantitative estimate of drug-likeness (QED) is 0.693. The van der Waals surface area contributed by atoms with Gasteiger partial charge in [0, 0.05) is 12.8 Å². The monoisotopic (exact) mass is 284 g/mol. The third-order valence-electron chi connectivity index (χ3n) is 4.81. The smallest absolute Gasteiger partial charge is 0.340 e. The number of rotatable bonds is 1. The molecule has 3 aliphatic heterocycles. The highest BCUT2D eigenvalue weighted by atomic mass is 16.8. The first-order valence-electron chi connectivity index (χ1n) is 7.77. The van der Waals surface area contributed by atoms with Crippen molar-refractivity contribution in [3.63, 3.8) is 0 Å². The highest BCUT2D eigenvalue weighted by molar-refractivity contribution is 5.80.